The fraction of sp³-hybridized carbons (Fsp3) is 0.474. The first kappa shape index (κ1) is 21.7. The van der Waals surface area contributed by atoms with Crippen LogP contribution in [-0.4, -0.2) is 37.2 Å². The van der Waals surface area contributed by atoms with Gasteiger partial charge in [0.25, 0.3) is 0 Å². The highest BCUT2D eigenvalue weighted by atomic mass is 32.2. The van der Waals surface area contributed by atoms with E-state index in [0.29, 0.717) is 17.3 Å². The SMILES string of the molecule is CC(C)(C)OC(=O)SCc1nnc(-c2ccc(NC(=O)C(C)(C)C)cc2)nn1. The number of carbonyl (C=O) groups is 2. The van der Waals surface area contributed by atoms with Crippen LogP contribution in [0.3, 0.4) is 0 Å². The summed E-state index contributed by atoms with van der Waals surface area (Å²) >= 11 is 0.961. The number of benzene rings is 1. The summed E-state index contributed by atoms with van der Waals surface area (Å²) in [6.45, 7) is 11.0. The summed E-state index contributed by atoms with van der Waals surface area (Å²) in [6, 6.07) is 7.11. The summed E-state index contributed by atoms with van der Waals surface area (Å²) < 4.78 is 5.21. The number of aromatic nitrogens is 4. The zero-order valence-electron chi connectivity index (χ0n) is 16.9. The van der Waals surface area contributed by atoms with Gasteiger partial charge in [0.1, 0.15) is 5.60 Å². The molecule has 1 N–H and O–H groups in total. The second-order valence-corrected chi connectivity index (χ2v) is 9.09. The largest absolute Gasteiger partial charge is 0.452 e. The van der Waals surface area contributed by atoms with Gasteiger partial charge in [-0.05, 0) is 56.8 Å². The van der Waals surface area contributed by atoms with Crippen LogP contribution in [-0.2, 0) is 15.3 Å². The Hall–Kier alpha value is -2.55. The molecule has 2 rings (SSSR count). The van der Waals surface area contributed by atoms with E-state index in [4.69, 9.17) is 4.74 Å². The summed E-state index contributed by atoms with van der Waals surface area (Å²) in [7, 11) is 0. The molecule has 1 amide bonds. The lowest BCUT2D eigenvalue weighted by Gasteiger charge is -2.18. The van der Waals surface area contributed by atoms with Crippen LogP contribution >= 0.6 is 11.8 Å². The molecule has 1 aromatic carbocycles. The van der Waals surface area contributed by atoms with Crippen molar-refractivity contribution in [1.29, 1.82) is 0 Å². The maximum atomic E-state index is 12.0. The van der Waals surface area contributed by atoms with Gasteiger partial charge in [0.05, 0.1) is 5.75 Å². The molecular weight excluding hydrogens is 378 g/mol. The number of nitrogens with zero attached hydrogens (tertiary/aromatic N) is 4. The highest BCUT2D eigenvalue weighted by Gasteiger charge is 2.21. The molecule has 0 atom stereocenters. The van der Waals surface area contributed by atoms with Crippen LogP contribution < -0.4 is 5.32 Å². The van der Waals surface area contributed by atoms with Crippen LogP contribution in [0.5, 0.6) is 0 Å². The molecular formula is C19H25N5O3S. The Bertz CT molecular complexity index is 825. The van der Waals surface area contributed by atoms with Gasteiger partial charge >= 0.3 is 5.30 Å². The van der Waals surface area contributed by atoms with E-state index in [1.165, 1.54) is 0 Å². The van der Waals surface area contributed by atoms with Crippen LogP contribution in [0.25, 0.3) is 11.4 Å². The summed E-state index contributed by atoms with van der Waals surface area (Å²) in [5.74, 6) is 0.868. The van der Waals surface area contributed by atoms with E-state index in [2.05, 4.69) is 25.7 Å². The van der Waals surface area contributed by atoms with Crippen molar-refractivity contribution in [2.75, 3.05) is 5.32 Å². The normalized spacial score (nSPS) is 11.8. The Kier molecular flexibility index (Phi) is 6.71. The first-order valence-corrected chi connectivity index (χ1v) is 9.76. The maximum absolute atomic E-state index is 12.0. The molecule has 150 valence electrons. The first-order valence-electron chi connectivity index (χ1n) is 8.78. The van der Waals surface area contributed by atoms with E-state index in [1.807, 2.05) is 20.8 Å². The Morgan fingerprint density at radius 3 is 2.04 bits per heavy atom. The van der Waals surface area contributed by atoms with Crippen LogP contribution in [0, 0.1) is 5.41 Å². The van der Waals surface area contributed by atoms with Crippen molar-refractivity contribution in [3.8, 4) is 11.4 Å². The Labute approximate surface area is 168 Å². The lowest BCUT2D eigenvalue weighted by molar-refractivity contribution is -0.123. The average molecular weight is 404 g/mol. The molecule has 1 aromatic heterocycles. The minimum absolute atomic E-state index is 0.0633. The van der Waals surface area contributed by atoms with Gasteiger partial charge < -0.3 is 10.1 Å². The van der Waals surface area contributed by atoms with Crippen LogP contribution in [0.15, 0.2) is 24.3 Å². The highest BCUT2D eigenvalue weighted by molar-refractivity contribution is 8.12. The quantitative estimate of drug-likeness (QED) is 0.761. The van der Waals surface area contributed by atoms with Gasteiger partial charge in [-0.1, -0.05) is 20.8 Å². The smallest absolute Gasteiger partial charge is 0.368 e. The second kappa shape index (κ2) is 8.64. The molecule has 0 fully saturated rings. The topological polar surface area (TPSA) is 107 Å². The Morgan fingerprint density at radius 2 is 1.54 bits per heavy atom. The maximum Gasteiger partial charge on any atom is 0.368 e. The highest BCUT2D eigenvalue weighted by Crippen LogP contribution is 2.21. The van der Waals surface area contributed by atoms with Gasteiger partial charge in [0.2, 0.25) is 11.7 Å². The van der Waals surface area contributed by atoms with Gasteiger partial charge in [0.15, 0.2) is 5.82 Å². The number of carbonyl (C=O) groups excluding carboxylic acids is 2. The van der Waals surface area contributed by atoms with Crippen molar-refractivity contribution < 1.29 is 14.3 Å². The molecule has 0 aliphatic rings. The molecule has 0 unspecified atom stereocenters. The lowest BCUT2D eigenvalue weighted by Crippen LogP contribution is -2.27. The van der Waals surface area contributed by atoms with Crippen molar-refractivity contribution >= 4 is 28.7 Å². The number of hydrogen-bond donors (Lipinski definition) is 1. The molecule has 0 aliphatic carbocycles. The Morgan fingerprint density at radius 1 is 0.964 bits per heavy atom. The predicted octanol–water partition coefficient (Wildman–Crippen LogP) is 4.09. The fourth-order valence-electron chi connectivity index (χ4n) is 1.85. The number of nitrogens with one attached hydrogen (secondary N) is 1. The van der Waals surface area contributed by atoms with E-state index in [9.17, 15) is 9.59 Å². The van der Waals surface area contributed by atoms with Gasteiger partial charge in [-0.3, -0.25) is 4.79 Å². The van der Waals surface area contributed by atoms with Crippen LogP contribution in [0.1, 0.15) is 47.4 Å². The van der Waals surface area contributed by atoms with Crippen molar-refractivity contribution in [3.05, 3.63) is 30.1 Å². The number of rotatable bonds is 4. The molecule has 2 aromatic rings. The molecule has 9 heteroatoms. The van der Waals surface area contributed by atoms with Crippen LogP contribution in [0.4, 0.5) is 10.5 Å². The molecule has 28 heavy (non-hydrogen) atoms. The van der Waals surface area contributed by atoms with E-state index in [-0.39, 0.29) is 11.7 Å². The van der Waals surface area contributed by atoms with Crippen molar-refractivity contribution in [2.45, 2.75) is 52.9 Å². The van der Waals surface area contributed by atoms with Crippen molar-refractivity contribution in [2.24, 2.45) is 5.41 Å². The predicted molar refractivity (Wildman–Crippen MR) is 109 cm³/mol. The molecule has 0 bridgehead atoms. The standard InChI is InChI=1S/C19H25N5O3S/c1-18(2,3)16(25)20-13-9-7-12(8-10-13)15-23-21-14(22-24-15)11-28-17(26)27-19(4,5)6/h7-10H,11H2,1-6H3,(H,20,25). The first-order chi connectivity index (χ1) is 12.9. The molecule has 1 heterocycles. The third-order valence-corrected chi connectivity index (χ3v) is 4.03. The van der Waals surface area contributed by atoms with Gasteiger partial charge in [0, 0.05) is 16.7 Å². The van der Waals surface area contributed by atoms with Crippen molar-refractivity contribution in [1.82, 2.24) is 20.4 Å². The van der Waals surface area contributed by atoms with Crippen molar-refractivity contribution in [3.63, 3.8) is 0 Å². The average Bonchev–Trinajstić information content (AvgIpc) is 2.59. The van der Waals surface area contributed by atoms with Gasteiger partial charge in [-0.2, -0.15) is 0 Å². The number of thioether (sulfide) groups is 1. The summed E-state index contributed by atoms with van der Waals surface area (Å²) in [4.78, 5) is 23.7. The third kappa shape index (κ3) is 6.88. The van der Waals surface area contributed by atoms with E-state index >= 15 is 0 Å². The number of hydrogen-bond acceptors (Lipinski definition) is 8. The Balaban J connectivity index is 1.96. The second-order valence-electron chi connectivity index (χ2n) is 8.17. The molecule has 0 aliphatic heterocycles. The van der Waals surface area contributed by atoms with E-state index in [0.717, 1.165) is 17.3 Å². The summed E-state index contributed by atoms with van der Waals surface area (Å²) in [5.41, 5.74) is 0.405. The fourth-order valence-corrected chi connectivity index (χ4v) is 2.52. The number of amides is 1. The molecule has 0 radical (unpaired) electrons. The summed E-state index contributed by atoms with van der Waals surface area (Å²) in [5, 5.41) is 18.6. The zero-order valence-corrected chi connectivity index (χ0v) is 17.8. The van der Waals surface area contributed by atoms with Gasteiger partial charge in [-0.25, -0.2) is 4.79 Å². The minimum atomic E-state index is -0.538. The third-order valence-electron chi connectivity index (χ3n) is 3.31. The zero-order chi connectivity index (χ0) is 20.9. The summed E-state index contributed by atoms with van der Waals surface area (Å²) in [6.07, 6.45) is 0. The number of anilines is 1. The molecule has 0 spiro atoms. The molecule has 8 nitrogen and oxygen atoms in total. The van der Waals surface area contributed by atoms with E-state index < -0.39 is 16.3 Å². The minimum Gasteiger partial charge on any atom is -0.452 e. The van der Waals surface area contributed by atoms with Crippen LogP contribution in [0.2, 0.25) is 0 Å². The molecule has 0 saturated heterocycles. The lowest BCUT2D eigenvalue weighted by atomic mass is 9.95. The van der Waals surface area contributed by atoms with Gasteiger partial charge in [-0.15, -0.1) is 20.4 Å². The molecule has 0 saturated carbocycles. The monoisotopic (exact) mass is 403 g/mol. The van der Waals surface area contributed by atoms with E-state index in [1.54, 1.807) is 45.0 Å². The number of ether oxygens (including phenoxy) is 1.